The number of carbonyl (C=O) groups excluding carboxylic acids is 1. The van der Waals surface area contributed by atoms with Crippen LogP contribution in [0.3, 0.4) is 0 Å². The Morgan fingerprint density at radius 1 is 1.18 bits per heavy atom. The highest BCUT2D eigenvalue weighted by Crippen LogP contribution is 2.18. The van der Waals surface area contributed by atoms with Crippen LogP contribution in [0.15, 0.2) is 40.7 Å². The number of nitrogens with zero attached hydrogens (tertiary/aromatic N) is 1. The van der Waals surface area contributed by atoms with E-state index in [0.29, 0.717) is 13.1 Å². The lowest BCUT2D eigenvalue weighted by Gasteiger charge is -2.12. The number of guanidine groups is 1. The van der Waals surface area contributed by atoms with Gasteiger partial charge < -0.3 is 20.7 Å². The number of hydrogen-bond acceptors (Lipinski definition) is 4. The smallest absolute Gasteiger partial charge is 0.261 e. The van der Waals surface area contributed by atoms with E-state index in [0.717, 1.165) is 48.1 Å². The summed E-state index contributed by atoms with van der Waals surface area (Å²) in [4.78, 5) is 17.2. The van der Waals surface area contributed by atoms with E-state index in [-0.39, 0.29) is 5.91 Å². The molecule has 0 unspecified atom stereocenters. The van der Waals surface area contributed by atoms with Crippen LogP contribution in [0.1, 0.15) is 34.1 Å². The molecule has 2 rings (SSSR count). The van der Waals surface area contributed by atoms with Crippen LogP contribution in [-0.4, -0.2) is 45.2 Å². The summed E-state index contributed by atoms with van der Waals surface area (Å²) in [5.41, 5.74) is 2.36. The van der Waals surface area contributed by atoms with Gasteiger partial charge >= 0.3 is 0 Å². The second-order valence-electron chi connectivity index (χ2n) is 6.33. The molecule has 28 heavy (non-hydrogen) atoms. The molecule has 3 N–H and O–H groups in total. The molecule has 2 aromatic rings. The molecule has 0 aliphatic heterocycles. The van der Waals surface area contributed by atoms with Crippen LogP contribution in [0.5, 0.6) is 5.75 Å². The van der Waals surface area contributed by atoms with Crippen molar-refractivity contribution in [3.63, 3.8) is 0 Å². The van der Waals surface area contributed by atoms with E-state index in [2.05, 4.69) is 39.1 Å². The van der Waals surface area contributed by atoms with E-state index >= 15 is 0 Å². The van der Waals surface area contributed by atoms with Crippen molar-refractivity contribution in [3.8, 4) is 5.75 Å². The van der Waals surface area contributed by atoms with Gasteiger partial charge in [0.25, 0.3) is 5.91 Å². The average Bonchev–Trinajstić information content (AvgIpc) is 3.23. The average molecular weight is 403 g/mol. The van der Waals surface area contributed by atoms with E-state index in [4.69, 9.17) is 4.74 Å². The number of aliphatic imine (C=N–C) groups is 1. The Labute approximate surface area is 171 Å². The van der Waals surface area contributed by atoms with E-state index < -0.39 is 0 Å². The van der Waals surface area contributed by atoms with Gasteiger partial charge in [0.1, 0.15) is 5.75 Å². The van der Waals surface area contributed by atoms with Gasteiger partial charge in [0.05, 0.1) is 12.0 Å². The Morgan fingerprint density at radius 3 is 2.75 bits per heavy atom. The van der Waals surface area contributed by atoms with Crippen LogP contribution in [-0.2, 0) is 6.42 Å². The number of thiophene rings is 1. The first kappa shape index (κ1) is 21.8. The van der Waals surface area contributed by atoms with Gasteiger partial charge in [-0.05, 0) is 55.3 Å². The zero-order chi connectivity index (χ0) is 20.2. The van der Waals surface area contributed by atoms with Crippen LogP contribution in [0, 0.1) is 6.92 Å². The van der Waals surface area contributed by atoms with Crippen molar-refractivity contribution >= 4 is 23.2 Å². The molecule has 152 valence electrons. The first-order valence-corrected chi connectivity index (χ1v) is 10.5. The lowest BCUT2D eigenvalue weighted by atomic mass is 10.1. The van der Waals surface area contributed by atoms with Crippen molar-refractivity contribution in [2.75, 3.05) is 33.3 Å². The van der Waals surface area contributed by atoms with Crippen LogP contribution in [0.25, 0.3) is 0 Å². The summed E-state index contributed by atoms with van der Waals surface area (Å²) >= 11 is 1.45. The van der Waals surface area contributed by atoms with Gasteiger partial charge in [0, 0.05) is 26.2 Å². The normalized spacial score (nSPS) is 11.2. The molecule has 1 heterocycles. The van der Waals surface area contributed by atoms with Crippen molar-refractivity contribution in [2.45, 2.75) is 26.7 Å². The van der Waals surface area contributed by atoms with Crippen LogP contribution in [0.4, 0.5) is 0 Å². The predicted molar refractivity (Wildman–Crippen MR) is 117 cm³/mol. The molecule has 1 aromatic carbocycles. The number of nitrogens with one attached hydrogen (secondary N) is 3. The van der Waals surface area contributed by atoms with E-state index in [9.17, 15) is 4.79 Å². The first-order chi connectivity index (χ1) is 13.6. The molecule has 0 fully saturated rings. The SMILES string of the molecule is CCNC(=NCCCNC(=O)c1cccs1)NCCc1ccc(C)c(OC)c1. The molecule has 0 spiro atoms. The molecule has 0 atom stereocenters. The van der Waals surface area contributed by atoms with Gasteiger partial charge in [-0.1, -0.05) is 18.2 Å². The van der Waals surface area contributed by atoms with E-state index in [1.807, 2.05) is 31.4 Å². The Balaban J connectivity index is 1.71. The summed E-state index contributed by atoms with van der Waals surface area (Å²) in [5.74, 6) is 1.70. The molecule has 0 bridgehead atoms. The molecule has 7 heteroatoms. The molecule has 0 aliphatic carbocycles. The number of aryl methyl sites for hydroxylation is 1. The maximum atomic E-state index is 11.9. The van der Waals surface area contributed by atoms with E-state index in [1.165, 1.54) is 16.9 Å². The minimum absolute atomic E-state index is 0.0162. The topological polar surface area (TPSA) is 74.8 Å². The lowest BCUT2D eigenvalue weighted by Crippen LogP contribution is -2.38. The van der Waals surface area contributed by atoms with Crippen LogP contribution >= 0.6 is 11.3 Å². The molecule has 1 amide bonds. The summed E-state index contributed by atoms with van der Waals surface area (Å²) in [6, 6.07) is 10.00. The van der Waals surface area contributed by atoms with Gasteiger partial charge in [0.15, 0.2) is 5.96 Å². The monoisotopic (exact) mass is 402 g/mol. The van der Waals surface area contributed by atoms with Gasteiger partial charge in [0.2, 0.25) is 0 Å². The molecular formula is C21H30N4O2S. The van der Waals surface area contributed by atoms with Gasteiger partial charge in [-0.15, -0.1) is 11.3 Å². The van der Waals surface area contributed by atoms with Gasteiger partial charge in [-0.25, -0.2) is 0 Å². The second kappa shape index (κ2) is 12.0. The zero-order valence-corrected chi connectivity index (χ0v) is 17.7. The highest BCUT2D eigenvalue weighted by Gasteiger charge is 2.05. The number of rotatable bonds is 10. The molecule has 0 radical (unpaired) electrons. The maximum absolute atomic E-state index is 11.9. The Bertz CT molecular complexity index is 760. The van der Waals surface area contributed by atoms with Gasteiger partial charge in [-0.2, -0.15) is 0 Å². The number of amides is 1. The minimum Gasteiger partial charge on any atom is -0.496 e. The van der Waals surface area contributed by atoms with E-state index in [1.54, 1.807) is 7.11 Å². The van der Waals surface area contributed by atoms with Crippen molar-refractivity contribution < 1.29 is 9.53 Å². The standard InChI is InChI=1S/C21H30N4O2S/c1-4-22-21(24-12-6-11-23-20(26)19-7-5-14-28-19)25-13-10-17-9-8-16(2)18(15-17)27-3/h5,7-9,14-15H,4,6,10-13H2,1-3H3,(H,23,26)(H2,22,24,25). The second-order valence-corrected chi connectivity index (χ2v) is 7.28. The third kappa shape index (κ3) is 7.23. The molecule has 0 saturated heterocycles. The molecule has 0 aliphatic rings. The molecule has 0 saturated carbocycles. The van der Waals surface area contributed by atoms with Crippen molar-refractivity contribution in [1.29, 1.82) is 0 Å². The number of ether oxygens (including phenoxy) is 1. The summed E-state index contributed by atoms with van der Waals surface area (Å²) in [6.45, 7) is 6.94. The van der Waals surface area contributed by atoms with Crippen molar-refractivity contribution in [1.82, 2.24) is 16.0 Å². The highest BCUT2D eigenvalue weighted by atomic mass is 32.1. The Hall–Kier alpha value is -2.54. The van der Waals surface area contributed by atoms with Crippen LogP contribution in [0.2, 0.25) is 0 Å². The largest absolute Gasteiger partial charge is 0.496 e. The zero-order valence-electron chi connectivity index (χ0n) is 16.9. The quantitative estimate of drug-likeness (QED) is 0.324. The summed E-state index contributed by atoms with van der Waals surface area (Å²) in [7, 11) is 1.70. The number of methoxy groups -OCH3 is 1. The highest BCUT2D eigenvalue weighted by molar-refractivity contribution is 7.12. The fourth-order valence-electron chi connectivity index (χ4n) is 2.65. The predicted octanol–water partition coefficient (Wildman–Crippen LogP) is 2.98. The minimum atomic E-state index is -0.0162. The fourth-order valence-corrected chi connectivity index (χ4v) is 3.29. The van der Waals surface area contributed by atoms with Crippen molar-refractivity contribution in [3.05, 3.63) is 51.7 Å². The lowest BCUT2D eigenvalue weighted by molar-refractivity contribution is 0.0957. The third-order valence-corrected chi connectivity index (χ3v) is 5.03. The Kier molecular flexibility index (Phi) is 9.34. The maximum Gasteiger partial charge on any atom is 0.261 e. The number of carbonyl (C=O) groups is 1. The molecular weight excluding hydrogens is 372 g/mol. The first-order valence-electron chi connectivity index (χ1n) is 9.61. The Morgan fingerprint density at radius 2 is 2.04 bits per heavy atom. The van der Waals surface area contributed by atoms with Crippen LogP contribution < -0.4 is 20.7 Å². The third-order valence-electron chi connectivity index (χ3n) is 4.16. The number of hydrogen-bond donors (Lipinski definition) is 3. The summed E-state index contributed by atoms with van der Waals surface area (Å²) in [6.07, 6.45) is 1.68. The summed E-state index contributed by atoms with van der Waals surface area (Å²) in [5, 5.41) is 11.4. The molecule has 6 nitrogen and oxygen atoms in total. The van der Waals surface area contributed by atoms with Crippen molar-refractivity contribution in [2.24, 2.45) is 4.99 Å². The summed E-state index contributed by atoms with van der Waals surface area (Å²) < 4.78 is 5.38. The van der Waals surface area contributed by atoms with Gasteiger partial charge in [-0.3, -0.25) is 9.79 Å². The fraction of sp³-hybridized carbons (Fsp3) is 0.429. The molecule has 1 aromatic heterocycles. The number of benzene rings is 1.